The lowest BCUT2D eigenvalue weighted by molar-refractivity contribution is -0.140. The van der Waals surface area contributed by atoms with Gasteiger partial charge in [0.2, 0.25) is 0 Å². The molecule has 0 amide bonds. The maximum absolute atomic E-state index is 12.5. The first-order valence-corrected chi connectivity index (χ1v) is 2.92. The Morgan fingerprint density at radius 3 is 2.50 bits per heavy atom. The van der Waals surface area contributed by atoms with E-state index in [4.69, 9.17) is 16.6 Å². The number of rotatable bonds is 4. The molecule has 4 nitrogen and oxygen atoms in total. The van der Waals surface area contributed by atoms with Crippen LogP contribution < -0.4 is 11.5 Å². The van der Waals surface area contributed by atoms with Crippen molar-refractivity contribution in [2.75, 3.05) is 6.54 Å². The van der Waals surface area contributed by atoms with Crippen molar-refractivity contribution in [2.24, 2.45) is 11.5 Å². The summed E-state index contributed by atoms with van der Waals surface area (Å²) in [5.41, 5.74) is 9.89. The molecule has 2 atom stereocenters. The largest absolute Gasteiger partial charge is 0.480 e. The van der Waals surface area contributed by atoms with Gasteiger partial charge in [-0.25, -0.2) is 4.39 Å². The number of carboxylic acids is 1. The van der Waals surface area contributed by atoms with Gasteiger partial charge in [-0.3, -0.25) is 4.79 Å². The Labute approximate surface area is 58.0 Å². The van der Waals surface area contributed by atoms with Crippen molar-refractivity contribution < 1.29 is 14.3 Å². The van der Waals surface area contributed by atoms with Gasteiger partial charge in [0.1, 0.15) is 12.2 Å². The number of halogens is 1. The second kappa shape index (κ2) is 4.19. The van der Waals surface area contributed by atoms with Crippen molar-refractivity contribution in [1.29, 1.82) is 0 Å². The van der Waals surface area contributed by atoms with Crippen LogP contribution in [0.15, 0.2) is 0 Å². The van der Waals surface area contributed by atoms with Gasteiger partial charge in [0.05, 0.1) is 0 Å². The highest BCUT2D eigenvalue weighted by molar-refractivity contribution is 5.73. The lowest BCUT2D eigenvalue weighted by Crippen LogP contribution is -2.40. The highest BCUT2D eigenvalue weighted by Gasteiger charge is 2.22. The average molecular weight is 150 g/mol. The summed E-state index contributed by atoms with van der Waals surface area (Å²) in [6.07, 6.45) is -1.55. The van der Waals surface area contributed by atoms with Crippen LogP contribution in [0.25, 0.3) is 0 Å². The Hall–Kier alpha value is -0.680. The normalized spacial score (nSPS) is 16.3. The van der Waals surface area contributed by atoms with Gasteiger partial charge in [-0.1, -0.05) is 0 Å². The van der Waals surface area contributed by atoms with Crippen molar-refractivity contribution in [2.45, 2.75) is 18.6 Å². The number of carboxylic acid groups (broad SMARTS) is 1. The fourth-order valence-electron chi connectivity index (χ4n) is 0.493. The molecule has 0 heterocycles. The van der Waals surface area contributed by atoms with Crippen LogP contribution in [-0.4, -0.2) is 29.8 Å². The number of hydrogen-bond acceptors (Lipinski definition) is 3. The minimum atomic E-state index is -1.54. The Kier molecular flexibility index (Phi) is 3.90. The van der Waals surface area contributed by atoms with E-state index in [2.05, 4.69) is 0 Å². The van der Waals surface area contributed by atoms with Crippen LogP contribution in [-0.2, 0) is 4.79 Å². The number of nitrogens with two attached hydrogens (primary N) is 2. The van der Waals surface area contributed by atoms with E-state index in [1.807, 2.05) is 0 Å². The summed E-state index contributed by atoms with van der Waals surface area (Å²) in [5.74, 6) is -1.33. The third kappa shape index (κ3) is 2.75. The molecule has 0 spiro atoms. The van der Waals surface area contributed by atoms with Crippen molar-refractivity contribution >= 4 is 5.97 Å². The molecule has 10 heavy (non-hydrogen) atoms. The van der Waals surface area contributed by atoms with E-state index in [0.717, 1.165) is 0 Å². The van der Waals surface area contributed by atoms with Crippen LogP contribution in [0.1, 0.15) is 6.42 Å². The number of hydrogen-bond donors (Lipinski definition) is 3. The van der Waals surface area contributed by atoms with Crippen LogP contribution in [0, 0.1) is 0 Å². The summed E-state index contributed by atoms with van der Waals surface area (Å²) in [6.45, 7) is 0.113. The van der Waals surface area contributed by atoms with E-state index in [0.29, 0.717) is 0 Å². The highest BCUT2D eigenvalue weighted by Crippen LogP contribution is 2.00. The lowest BCUT2D eigenvalue weighted by atomic mass is 10.1. The maximum atomic E-state index is 12.5. The second-order valence-corrected chi connectivity index (χ2v) is 1.96. The summed E-state index contributed by atoms with van der Waals surface area (Å²) in [4.78, 5) is 10.0. The molecule has 0 radical (unpaired) electrons. The molecule has 0 aliphatic heterocycles. The van der Waals surface area contributed by atoms with Gasteiger partial charge in [-0.15, -0.1) is 0 Å². The molecule has 1 unspecified atom stereocenters. The third-order valence-electron chi connectivity index (χ3n) is 1.12. The standard InChI is InChI=1S/C5H11FN2O2/c6-3(1-2-7)4(8)5(9)10/h3-4H,1-2,7-8H2,(H,9,10)/t3?,4-/m0/s1. The zero-order valence-corrected chi connectivity index (χ0v) is 5.46. The van der Waals surface area contributed by atoms with Crippen molar-refractivity contribution in [3.8, 4) is 0 Å². The minimum Gasteiger partial charge on any atom is -0.480 e. The average Bonchev–Trinajstić information content (AvgIpc) is 1.87. The predicted octanol–water partition coefficient (Wildman–Crippen LogP) is -0.915. The van der Waals surface area contributed by atoms with Gasteiger partial charge in [0.15, 0.2) is 0 Å². The Morgan fingerprint density at radius 2 is 2.20 bits per heavy atom. The van der Waals surface area contributed by atoms with Gasteiger partial charge >= 0.3 is 5.97 Å². The summed E-state index contributed by atoms with van der Waals surface area (Å²) in [6, 6.07) is -1.44. The summed E-state index contributed by atoms with van der Waals surface area (Å²) in [7, 11) is 0. The first kappa shape index (κ1) is 9.32. The Bertz CT molecular complexity index is 120. The van der Waals surface area contributed by atoms with E-state index in [1.54, 1.807) is 0 Å². The van der Waals surface area contributed by atoms with Crippen LogP contribution in [0.5, 0.6) is 0 Å². The van der Waals surface area contributed by atoms with Crippen molar-refractivity contribution in [3.63, 3.8) is 0 Å². The van der Waals surface area contributed by atoms with Gasteiger partial charge < -0.3 is 16.6 Å². The van der Waals surface area contributed by atoms with E-state index >= 15 is 0 Å². The molecule has 0 saturated carbocycles. The van der Waals surface area contributed by atoms with Crippen molar-refractivity contribution in [3.05, 3.63) is 0 Å². The predicted molar refractivity (Wildman–Crippen MR) is 34.2 cm³/mol. The van der Waals surface area contributed by atoms with Gasteiger partial charge in [0, 0.05) is 0 Å². The molecule has 5 N–H and O–H groups in total. The fourth-order valence-corrected chi connectivity index (χ4v) is 0.493. The van der Waals surface area contributed by atoms with Crippen LogP contribution in [0.3, 0.4) is 0 Å². The maximum Gasteiger partial charge on any atom is 0.323 e. The van der Waals surface area contributed by atoms with E-state index in [1.165, 1.54) is 0 Å². The second-order valence-electron chi connectivity index (χ2n) is 1.96. The topological polar surface area (TPSA) is 89.3 Å². The zero-order valence-electron chi connectivity index (χ0n) is 5.46. The minimum absolute atomic E-state index is 0.00648. The quantitative estimate of drug-likeness (QED) is 0.483. The molecular formula is C5H11FN2O2. The summed E-state index contributed by atoms with van der Waals surface area (Å²) >= 11 is 0. The van der Waals surface area contributed by atoms with Crippen LogP contribution in [0.2, 0.25) is 0 Å². The molecule has 5 heteroatoms. The molecule has 0 aromatic heterocycles. The van der Waals surface area contributed by atoms with Crippen molar-refractivity contribution in [1.82, 2.24) is 0 Å². The summed E-state index contributed by atoms with van der Waals surface area (Å²) < 4.78 is 12.5. The molecule has 0 rings (SSSR count). The van der Waals surface area contributed by atoms with Gasteiger partial charge in [0.25, 0.3) is 0 Å². The molecule has 0 aromatic rings. The monoisotopic (exact) mass is 150 g/mol. The number of aliphatic carboxylic acids is 1. The summed E-state index contributed by atoms with van der Waals surface area (Å²) in [5, 5.41) is 8.17. The smallest absolute Gasteiger partial charge is 0.323 e. The van der Waals surface area contributed by atoms with Gasteiger partial charge in [-0.2, -0.15) is 0 Å². The molecule has 60 valence electrons. The van der Waals surface area contributed by atoms with Gasteiger partial charge in [-0.05, 0) is 13.0 Å². The zero-order chi connectivity index (χ0) is 8.15. The fraction of sp³-hybridized carbons (Fsp3) is 0.800. The molecule has 0 bridgehead atoms. The number of alkyl halides is 1. The first-order chi connectivity index (χ1) is 4.59. The third-order valence-corrected chi connectivity index (χ3v) is 1.12. The molecule has 0 saturated heterocycles. The molecule has 0 aromatic carbocycles. The van der Waals surface area contributed by atoms with E-state index < -0.39 is 18.2 Å². The van der Waals surface area contributed by atoms with E-state index in [-0.39, 0.29) is 13.0 Å². The van der Waals surface area contributed by atoms with Crippen LogP contribution >= 0.6 is 0 Å². The highest BCUT2D eigenvalue weighted by atomic mass is 19.1. The molecule has 0 aliphatic rings. The van der Waals surface area contributed by atoms with Crippen LogP contribution in [0.4, 0.5) is 4.39 Å². The molecular weight excluding hydrogens is 139 g/mol. The Morgan fingerprint density at radius 1 is 1.70 bits per heavy atom. The SMILES string of the molecule is NCCC(F)[C@H](N)C(=O)O. The molecule has 0 fully saturated rings. The van der Waals surface area contributed by atoms with E-state index in [9.17, 15) is 9.18 Å². The Balaban J connectivity index is 3.69. The first-order valence-electron chi connectivity index (χ1n) is 2.92. The molecule has 0 aliphatic carbocycles. The lowest BCUT2D eigenvalue weighted by Gasteiger charge is -2.09. The number of carbonyl (C=O) groups is 1.